The minimum absolute atomic E-state index is 0.373. The van der Waals surface area contributed by atoms with Gasteiger partial charge in [-0.1, -0.05) is 42.5 Å². The number of carbonyl (C=O) groups excluding carboxylic acids is 1. The zero-order chi connectivity index (χ0) is 16.4. The molecule has 5 heteroatoms. The van der Waals surface area contributed by atoms with E-state index in [4.69, 9.17) is 5.11 Å². The van der Waals surface area contributed by atoms with Crippen LogP contribution in [0.2, 0.25) is 0 Å². The molecule has 1 aliphatic rings. The molecule has 4 nitrogen and oxygen atoms in total. The summed E-state index contributed by atoms with van der Waals surface area (Å²) in [5.41, 5.74) is 0.905. The van der Waals surface area contributed by atoms with Crippen molar-refractivity contribution in [1.29, 1.82) is 0 Å². The van der Waals surface area contributed by atoms with Gasteiger partial charge in [-0.2, -0.15) is 0 Å². The largest absolute Gasteiger partial charge is 0.465 e. The minimum atomic E-state index is -1.44. The fourth-order valence-electron chi connectivity index (χ4n) is 2.88. The van der Waals surface area contributed by atoms with E-state index in [0.717, 1.165) is 5.56 Å². The molecule has 3 rings (SSSR count). The molecule has 0 unspecified atom stereocenters. The summed E-state index contributed by atoms with van der Waals surface area (Å²) in [6.07, 6.45) is 3.12. The van der Waals surface area contributed by atoms with Gasteiger partial charge in [0.25, 0.3) is 0 Å². The molecule has 0 aliphatic heterocycles. The number of hydrogen-bond donors (Lipinski definition) is 2. The van der Waals surface area contributed by atoms with Crippen molar-refractivity contribution in [3.8, 4) is 11.1 Å². The Labute approximate surface area is 132 Å². The summed E-state index contributed by atoms with van der Waals surface area (Å²) < 4.78 is 14.0. The van der Waals surface area contributed by atoms with Crippen LogP contribution in [0.25, 0.3) is 11.1 Å². The van der Waals surface area contributed by atoms with E-state index in [2.05, 4.69) is 5.32 Å². The third kappa shape index (κ3) is 2.61. The van der Waals surface area contributed by atoms with E-state index in [1.54, 1.807) is 42.5 Å². The molecule has 0 fully saturated rings. The Morgan fingerprint density at radius 3 is 2.74 bits per heavy atom. The van der Waals surface area contributed by atoms with Crippen LogP contribution in [0.3, 0.4) is 0 Å². The first kappa shape index (κ1) is 15.0. The molecule has 2 N–H and O–H groups in total. The fraction of sp³-hybridized carbons (Fsp3) is 0.111. The zero-order valence-electron chi connectivity index (χ0n) is 12.1. The Hall–Kier alpha value is -2.95. The normalized spacial score (nSPS) is 19.0. The van der Waals surface area contributed by atoms with E-state index in [1.165, 1.54) is 12.1 Å². The van der Waals surface area contributed by atoms with Crippen LogP contribution in [0.1, 0.15) is 11.1 Å². The quantitative estimate of drug-likeness (QED) is 0.675. The molecule has 0 aromatic heterocycles. The van der Waals surface area contributed by atoms with Gasteiger partial charge in [0.2, 0.25) is 0 Å². The standard InChI is InChI=1S/C18H14FNO3/c19-16-6-2-1-5-14(16)13-8-7-12-4-3-9-18(11-21,15(12)10-13)20-17(22)23/h1-3,5-11,20H,4H2,(H,22,23)/t18-/m1/s1. The lowest BCUT2D eigenvalue weighted by Crippen LogP contribution is -2.46. The van der Waals surface area contributed by atoms with E-state index in [9.17, 15) is 14.0 Å². The number of rotatable bonds is 3. The molecule has 116 valence electrons. The summed E-state index contributed by atoms with van der Waals surface area (Å²) >= 11 is 0. The number of benzene rings is 2. The van der Waals surface area contributed by atoms with Crippen molar-refractivity contribution in [3.63, 3.8) is 0 Å². The number of halogens is 1. The molecule has 0 spiro atoms. The number of hydrogen-bond acceptors (Lipinski definition) is 2. The molecule has 0 radical (unpaired) electrons. The predicted molar refractivity (Wildman–Crippen MR) is 83.6 cm³/mol. The maximum Gasteiger partial charge on any atom is 0.405 e. The summed E-state index contributed by atoms with van der Waals surface area (Å²) in [5.74, 6) is -0.373. The third-order valence-corrected chi connectivity index (χ3v) is 3.96. The molecule has 0 saturated carbocycles. The highest BCUT2D eigenvalue weighted by Crippen LogP contribution is 2.34. The second-order valence-corrected chi connectivity index (χ2v) is 5.38. The number of carboxylic acid groups (broad SMARTS) is 1. The van der Waals surface area contributed by atoms with E-state index < -0.39 is 11.6 Å². The highest BCUT2D eigenvalue weighted by Gasteiger charge is 2.35. The highest BCUT2D eigenvalue weighted by molar-refractivity contribution is 5.82. The van der Waals surface area contributed by atoms with E-state index >= 15 is 0 Å². The van der Waals surface area contributed by atoms with Crippen LogP contribution in [0.4, 0.5) is 9.18 Å². The Morgan fingerprint density at radius 2 is 2.04 bits per heavy atom. The van der Waals surface area contributed by atoms with E-state index in [1.807, 2.05) is 0 Å². The molecule has 23 heavy (non-hydrogen) atoms. The van der Waals surface area contributed by atoms with Gasteiger partial charge in [-0.25, -0.2) is 9.18 Å². The second-order valence-electron chi connectivity index (χ2n) is 5.38. The summed E-state index contributed by atoms with van der Waals surface area (Å²) in [7, 11) is 0. The van der Waals surface area contributed by atoms with Gasteiger partial charge in [0.05, 0.1) is 0 Å². The van der Waals surface area contributed by atoms with Gasteiger partial charge in [-0.15, -0.1) is 0 Å². The average molecular weight is 311 g/mol. The Morgan fingerprint density at radius 1 is 1.26 bits per heavy atom. The molecule has 0 bridgehead atoms. The van der Waals surface area contributed by atoms with Crippen molar-refractivity contribution >= 4 is 12.4 Å². The zero-order valence-corrected chi connectivity index (χ0v) is 12.1. The maximum absolute atomic E-state index is 14.0. The van der Waals surface area contributed by atoms with Crippen molar-refractivity contribution in [2.24, 2.45) is 0 Å². The lowest BCUT2D eigenvalue weighted by Gasteiger charge is -2.30. The molecular formula is C18H14FNO3. The molecule has 2 aromatic rings. The van der Waals surface area contributed by atoms with E-state index in [0.29, 0.717) is 29.4 Å². The van der Waals surface area contributed by atoms with Crippen molar-refractivity contribution in [1.82, 2.24) is 5.32 Å². The average Bonchev–Trinajstić information content (AvgIpc) is 2.55. The van der Waals surface area contributed by atoms with Gasteiger partial charge < -0.3 is 10.4 Å². The molecule has 1 amide bonds. The number of carbonyl (C=O) groups is 2. The van der Waals surface area contributed by atoms with Crippen LogP contribution in [0.5, 0.6) is 0 Å². The van der Waals surface area contributed by atoms with Crippen molar-refractivity contribution in [3.05, 3.63) is 71.6 Å². The van der Waals surface area contributed by atoms with E-state index in [-0.39, 0.29) is 5.82 Å². The van der Waals surface area contributed by atoms with Crippen LogP contribution in [0.15, 0.2) is 54.6 Å². The number of nitrogens with one attached hydrogen (secondary N) is 1. The maximum atomic E-state index is 14.0. The topological polar surface area (TPSA) is 66.4 Å². The summed E-state index contributed by atoms with van der Waals surface area (Å²) in [6, 6.07) is 11.6. The summed E-state index contributed by atoms with van der Waals surface area (Å²) in [6.45, 7) is 0. The van der Waals surface area contributed by atoms with Crippen molar-refractivity contribution in [2.75, 3.05) is 0 Å². The smallest absolute Gasteiger partial charge is 0.405 e. The number of amides is 1. The molecule has 0 saturated heterocycles. The Kier molecular flexibility index (Phi) is 3.70. The predicted octanol–water partition coefficient (Wildman–Crippen LogP) is 3.27. The summed E-state index contributed by atoms with van der Waals surface area (Å²) in [4.78, 5) is 22.7. The fourth-order valence-corrected chi connectivity index (χ4v) is 2.88. The molecule has 1 aliphatic carbocycles. The minimum Gasteiger partial charge on any atom is -0.465 e. The first-order chi connectivity index (χ1) is 11.1. The molecule has 2 aromatic carbocycles. The molecule has 1 atom stereocenters. The number of aldehydes is 1. The van der Waals surface area contributed by atoms with Crippen LogP contribution in [0, 0.1) is 5.82 Å². The van der Waals surface area contributed by atoms with Crippen molar-refractivity contribution in [2.45, 2.75) is 12.0 Å². The van der Waals surface area contributed by atoms with Gasteiger partial charge in [0, 0.05) is 5.56 Å². The van der Waals surface area contributed by atoms with Crippen LogP contribution in [-0.2, 0) is 16.8 Å². The SMILES string of the molecule is O=C[C@]1(NC(=O)O)C=CCc2ccc(-c3ccccc3F)cc21. The number of fused-ring (bicyclic) bond motifs is 1. The first-order valence-electron chi connectivity index (χ1n) is 7.09. The van der Waals surface area contributed by atoms with Crippen LogP contribution < -0.4 is 5.32 Å². The second kappa shape index (κ2) is 5.68. The number of allylic oxidation sites excluding steroid dienone is 1. The lowest BCUT2D eigenvalue weighted by atomic mass is 9.80. The van der Waals surface area contributed by atoms with Crippen LogP contribution >= 0.6 is 0 Å². The van der Waals surface area contributed by atoms with Gasteiger partial charge in [0.1, 0.15) is 11.4 Å². The molecular weight excluding hydrogens is 297 g/mol. The Bertz CT molecular complexity index is 816. The van der Waals surface area contributed by atoms with Crippen LogP contribution in [-0.4, -0.2) is 17.5 Å². The van der Waals surface area contributed by atoms with Crippen molar-refractivity contribution < 1.29 is 19.1 Å². The first-order valence-corrected chi connectivity index (χ1v) is 7.09. The van der Waals surface area contributed by atoms with Gasteiger partial charge in [-0.05, 0) is 35.2 Å². The third-order valence-electron chi connectivity index (χ3n) is 3.96. The monoisotopic (exact) mass is 311 g/mol. The Balaban J connectivity index is 2.17. The van der Waals surface area contributed by atoms with Gasteiger partial charge >= 0.3 is 6.09 Å². The van der Waals surface area contributed by atoms with Gasteiger partial charge in [0.15, 0.2) is 6.29 Å². The summed E-state index contributed by atoms with van der Waals surface area (Å²) in [5, 5.41) is 11.3. The van der Waals surface area contributed by atoms with Gasteiger partial charge in [-0.3, -0.25) is 4.79 Å². The molecule has 0 heterocycles. The highest BCUT2D eigenvalue weighted by atomic mass is 19.1. The lowest BCUT2D eigenvalue weighted by molar-refractivity contribution is -0.112.